The Morgan fingerprint density at radius 1 is 1.29 bits per heavy atom. The second-order valence-electron chi connectivity index (χ2n) is 6.05. The molecule has 1 atom stereocenters. The van der Waals surface area contributed by atoms with Crippen molar-refractivity contribution in [2.45, 2.75) is 26.3 Å². The quantitative estimate of drug-likeness (QED) is 0.854. The molecule has 0 bridgehead atoms. The molecule has 2 heterocycles. The number of nitrogens with zero attached hydrogens (tertiary/aromatic N) is 3. The molecule has 1 aliphatic heterocycles. The minimum absolute atomic E-state index is 0.0202. The molecular weight excluding hydrogens is 302 g/mol. The first-order valence-corrected chi connectivity index (χ1v) is 8.30. The summed E-state index contributed by atoms with van der Waals surface area (Å²) >= 11 is 0. The molecule has 6 heteroatoms. The van der Waals surface area contributed by atoms with Crippen LogP contribution in [0.15, 0.2) is 36.7 Å². The molecule has 2 aromatic rings. The van der Waals surface area contributed by atoms with Crippen molar-refractivity contribution in [3.8, 4) is 0 Å². The molecule has 0 aliphatic carbocycles. The number of carbonyl (C=O) groups is 1. The van der Waals surface area contributed by atoms with E-state index in [2.05, 4.69) is 39.7 Å². The van der Waals surface area contributed by atoms with Gasteiger partial charge in [-0.2, -0.15) is 0 Å². The molecule has 0 spiro atoms. The fourth-order valence-electron chi connectivity index (χ4n) is 2.83. The summed E-state index contributed by atoms with van der Waals surface area (Å²) in [4.78, 5) is 22.1. The van der Waals surface area contributed by atoms with Crippen LogP contribution in [0, 0.1) is 6.92 Å². The number of urea groups is 1. The Kier molecular flexibility index (Phi) is 5.05. The lowest BCUT2D eigenvalue weighted by molar-refractivity contribution is 0.252. The fourth-order valence-corrected chi connectivity index (χ4v) is 2.83. The van der Waals surface area contributed by atoms with Gasteiger partial charge in [0.1, 0.15) is 0 Å². The fraction of sp³-hybridized carbons (Fsp3) is 0.389. The van der Waals surface area contributed by atoms with Crippen molar-refractivity contribution in [3.63, 3.8) is 0 Å². The highest BCUT2D eigenvalue weighted by atomic mass is 16.2. The second kappa shape index (κ2) is 7.40. The SMILES string of the molecule is Cc1cncc(CCNC(C)c2ccc(N3CCNC3=O)cc2)n1. The number of aryl methyl sites for hydroxylation is 1. The van der Waals surface area contributed by atoms with E-state index in [-0.39, 0.29) is 12.1 Å². The lowest BCUT2D eigenvalue weighted by Crippen LogP contribution is -2.27. The zero-order chi connectivity index (χ0) is 16.9. The third kappa shape index (κ3) is 3.89. The maximum Gasteiger partial charge on any atom is 0.321 e. The number of nitrogens with one attached hydrogen (secondary N) is 2. The van der Waals surface area contributed by atoms with Gasteiger partial charge in [-0.15, -0.1) is 0 Å². The molecule has 3 rings (SSSR count). The average Bonchev–Trinajstić information content (AvgIpc) is 3.01. The highest BCUT2D eigenvalue weighted by Crippen LogP contribution is 2.20. The van der Waals surface area contributed by atoms with E-state index >= 15 is 0 Å². The van der Waals surface area contributed by atoms with Gasteiger partial charge in [0.2, 0.25) is 0 Å². The number of anilines is 1. The summed E-state index contributed by atoms with van der Waals surface area (Å²) in [5.41, 5.74) is 4.09. The maximum atomic E-state index is 11.7. The van der Waals surface area contributed by atoms with Crippen molar-refractivity contribution < 1.29 is 4.79 Å². The van der Waals surface area contributed by atoms with Crippen molar-refractivity contribution in [1.29, 1.82) is 0 Å². The maximum absolute atomic E-state index is 11.7. The molecule has 0 radical (unpaired) electrons. The van der Waals surface area contributed by atoms with Gasteiger partial charge in [0.15, 0.2) is 0 Å². The van der Waals surface area contributed by atoms with E-state index in [1.54, 1.807) is 11.1 Å². The van der Waals surface area contributed by atoms with Gasteiger partial charge >= 0.3 is 6.03 Å². The van der Waals surface area contributed by atoms with Crippen LogP contribution in [0.3, 0.4) is 0 Å². The first kappa shape index (κ1) is 16.4. The van der Waals surface area contributed by atoms with Crippen LogP contribution in [-0.4, -0.2) is 35.6 Å². The molecular formula is C18H23N5O. The molecule has 1 aliphatic rings. The van der Waals surface area contributed by atoms with Crippen LogP contribution >= 0.6 is 0 Å². The van der Waals surface area contributed by atoms with Crippen molar-refractivity contribution in [2.75, 3.05) is 24.5 Å². The van der Waals surface area contributed by atoms with E-state index in [1.165, 1.54) is 5.56 Å². The first-order chi connectivity index (χ1) is 11.6. The van der Waals surface area contributed by atoms with Crippen LogP contribution < -0.4 is 15.5 Å². The Bertz CT molecular complexity index is 701. The van der Waals surface area contributed by atoms with E-state index in [4.69, 9.17) is 0 Å². The summed E-state index contributed by atoms with van der Waals surface area (Å²) in [5, 5.41) is 6.32. The van der Waals surface area contributed by atoms with Gasteiger partial charge < -0.3 is 10.6 Å². The Morgan fingerprint density at radius 2 is 2.08 bits per heavy atom. The Morgan fingerprint density at radius 3 is 2.75 bits per heavy atom. The largest absolute Gasteiger partial charge is 0.336 e. The van der Waals surface area contributed by atoms with E-state index < -0.39 is 0 Å². The van der Waals surface area contributed by atoms with E-state index in [0.717, 1.165) is 36.6 Å². The molecule has 1 aromatic heterocycles. The summed E-state index contributed by atoms with van der Waals surface area (Å²) in [7, 11) is 0. The van der Waals surface area contributed by atoms with Crippen LogP contribution in [0.4, 0.5) is 10.5 Å². The van der Waals surface area contributed by atoms with Gasteiger partial charge in [0.05, 0.1) is 11.4 Å². The van der Waals surface area contributed by atoms with Crippen LogP contribution in [0.25, 0.3) is 0 Å². The minimum atomic E-state index is -0.0202. The highest BCUT2D eigenvalue weighted by molar-refractivity contribution is 5.93. The number of aromatic nitrogens is 2. The monoisotopic (exact) mass is 325 g/mol. The molecule has 2 amide bonds. The van der Waals surface area contributed by atoms with Crippen LogP contribution in [-0.2, 0) is 6.42 Å². The average molecular weight is 325 g/mol. The van der Waals surface area contributed by atoms with Crippen molar-refractivity contribution in [2.24, 2.45) is 0 Å². The van der Waals surface area contributed by atoms with E-state index in [0.29, 0.717) is 6.54 Å². The predicted molar refractivity (Wildman–Crippen MR) is 94.1 cm³/mol. The zero-order valence-corrected chi connectivity index (χ0v) is 14.1. The van der Waals surface area contributed by atoms with Crippen molar-refractivity contribution >= 4 is 11.7 Å². The smallest absolute Gasteiger partial charge is 0.321 e. The third-order valence-corrected chi connectivity index (χ3v) is 4.20. The molecule has 1 unspecified atom stereocenters. The topological polar surface area (TPSA) is 70.2 Å². The summed E-state index contributed by atoms with van der Waals surface area (Å²) < 4.78 is 0. The second-order valence-corrected chi connectivity index (χ2v) is 6.05. The normalized spacial score (nSPS) is 15.4. The summed E-state index contributed by atoms with van der Waals surface area (Å²) in [5.74, 6) is 0. The van der Waals surface area contributed by atoms with Gasteiger partial charge in [-0.1, -0.05) is 12.1 Å². The third-order valence-electron chi connectivity index (χ3n) is 4.20. The lowest BCUT2D eigenvalue weighted by atomic mass is 10.1. The zero-order valence-electron chi connectivity index (χ0n) is 14.1. The van der Waals surface area contributed by atoms with Crippen molar-refractivity contribution in [3.05, 3.63) is 53.6 Å². The van der Waals surface area contributed by atoms with Gasteiger partial charge in [-0.25, -0.2) is 4.79 Å². The van der Waals surface area contributed by atoms with Crippen LogP contribution in [0.1, 0.15) is 29.9 Å². The molecule has 2 N–H and O–H groups in total. The number of rotatable bonds is 6. The van der Waals surface area contributed by atoms with Gasteiger partial charge in [-0.05, 0) is 31.5 Å². The summed E-state index contributed by atoms with van der Waals surface area (Å²) in [6.07, 6.45) is 4.43. The molecule has 0 saturated carbocycles. The molecule has 126 valence electrons. The van der Waals surface area contributed by atoms with Gasteiger partial charge in [0, 0.05) is 50.2 Å². The van der Waals surface area contributed by atoms with E-state index in [1.807, 2.05) is 25.3 Å². The Labute approximate surface area is 142 Å². The number of amides is 2. The van der Waals surface area contributed by atoms with Crippen LogP contribution in [0.5, 0.6) is 0 Å². The lowest BCUT2D eigenvalue weighted by Gasteiger charge is -2.17. The molecule has 24 heavy (non-hydrogen) atoms. The summed E-state index contributed by atoms with van der Waals surface area (Å²) in [6.45, 7) is 6.37. The Hall–Kier alpha value is -2.47. The Balaban J connectivity index is 1.53. The molecule has 1 fully saturated rings. The molecule has 1 aromatic carbocycles. The minimum Gasteiger partial charge on any atom is -0.336 e. The van der Waals surface area contributed by atoms with Crippen LogP contribution in [0.2, 0.25) is 0 Å². The predicted octanol–water partition coefficient (Wildman–Crippen LogP) is 2.21. The number of carbonyl (C=O) groups excluding carboxylic acids is 1. The van der Waals surface area contributed by atoms with Gasteiger partial charge in [0.25, 0.3) is 0 Å². The molecule has 1 saturated heterocycles. The standard InChI is InChI=1S/C18H23N5O/c1-13-11-19-12-16(22-13)7-8-20-14(2)15-3-5-17(6-4-15)23-10-9-21-18(23)24/h3-6,11-12,14,20H,7-10H2,1-2H3,(H,21,24). The number of hydrogen-bond donors (Lipinski definition) is 2. The van der Waals surface area contributed by atoms with Crippen molar-refractivity contribution in [1.82, 2.24) is 20.6 Å². The van der Waals surface area contributed by atoms with E-state index in [9.17, 15) is 4.79 Å². The first-order valence-electron chi connectivity index (χ1n) is 8.30. The van der Waals surface area contributed by atoms with Gasteiger partial charge in [-0.3, -0.25) is 14.9 Å². The number of hydrogen-bond acceptors (Lipinski definition) is 4. The highest BCUT2D eigenvalue weighted by Gasteiger charge is 2.20. The molecule has 6 nitrogen and oxygen atoms in total. The number of benzene rings is 1. The summed E-state index contributed by atoms with van der Waals surface area (Å²) in [6, 6.07) is 8.38.